The summed E-state index contributed by atoms with van der Waals surface area (Å²) >= 11 is 0. The molecule has 2 aromatic heterocycles. The molecule has 8 heteroatoms. The van der Waals surface area contributed by atoms with Crippen molar-refractivity contribution in [3.63, 3.8) is 0 Å². The van der Waals surface area contributed by atoms with Crippen LogP contribution in [0.5, 0.6) is 17.2 Å². The number of allylic oxidation sites excluding steroid dienone is 2. The fourth-order valence-corrected chi connectivity index (χ4v) is 5.45. The van der Waals surface area contributed by atoms with Gasteiger partial charge in [0.05, 0.1) is 26.8 Å². The van der Waals surface area contributed by atoms with E-state index in [0.29, 0.717) is 46.6 Å². The lowest BCUT2D eigenvalue weighted by Gasteiger charge is -2.28. The summed E-state index contributed by atoms with van der Waals surface area (Å²) in [5.74, 6) is 1.40. The number of benzene rings is 1. The Hall–Kier alpha value is -3.81. The summed E-state index contributed by atoms with van der Waals surface area (Å²) in [4.78, 5) is 35.5. The van der Waals surface area contributed by atoms with Gasteiger partial charge in [-0.3, -0.25) is 14.6 Å². The van der Waals surface area contributed by atoms with Crippen LogP contribution in [-0.4, -0.2) is 54.4 Å². The second-order valence-corrected chi connectivity index (χ2v) is 8.37. The van der Waals surface area contributed by atoms with Crippen LogP contribution in [-0.2, 0) is 5.41 Å². The molecule has 0 radical (unpaired) electrons. The number of amides is 1. The lowest BCUT2D eigenvalue weighted by molar-refractivity contribution is 0.0806. The molecule has 3 heterocycles. The molecule has 1 spiro atoms. The van der Waals surface area contributed by atoms with E-state index in [1.807, 2.05) is 12.1 Å². The standard InChI is InChI=1S/C24H21N3O5/c1-30-17-8-12-7-15(26-19(12)22(32-3)21(17)31-2)23(29)27-11-13-10-24(13)14-5-4-6-25-20(14)16(28)9-18(24)27/h4-9,13,26H,10-11H2,1-3H3. The van der Waals surface area contributed by atoms with E-state index in [4.69, 9.17) is 14.2 Å². The minimum atomic E-state index is -0.274. The first kappa shape index (κ1) is 18.9. The third-order valence-electron chi connectivity index (χ3n) is 6.94. The fourth-order valence-electron chi connectivity index (χ4n) is 5.45. The number of carbonyl (C=O) groups excluding carboxylic acids is 2. The van der Waals surface area contributed by atoms with Crippen molar-refractivity contribution in [1.82, 2.24) is 14.9 Å². The summed E-state index contributed by atoms with van der Waals surface area (Å²) in [7, 11) is 4.63. The Balaban J connectivity index is 1.43. The Morgan fingerprint density at radius 1 is 1.19 bits per heavy atom. The minimum absolute atomic E-state index is 0.153. The monoisotopic (exact) mass is 431 g/mol. The van der Waals surface area contributed by atoms with Crippen molar-refractivity contribution in [2.24, 2.45) is 5.92 Å². The lowest BCUT2D eigenvalue weighted by atomic mass is 9.84. The number of carbonyl (C=O) groups is 2. The van der Waals surface area contributed by atoms with E-state index in [0.717, 1.165) is 23.1 Å². The van der Waals surface area contributed by atoms with Gasteiger partial charge in [0.15, 0.2) is 11.5 Å². The van der Waals surface area contributed by atoms with Crippen molar-refractivity contribution in [1.29, 1.82) is 0 Å². The van der Waals surface area contributed by atoms with Crippen LogP contribution in [0.1, 0.15) is 33.0 Å². The van der Waals surface area contributed by atoms with Crippen LogP contribution < -0.4 is 14.2 Å². The largest absolute Gasteiger partial charge is 0.493 e. The number of piperidine rings is 1. The molecular formula is C24H21N3O5. The van der Waals surface area contributed by atoms with Gasteiger partial charge in [-0.1, -0.05) is 6.07 Å². The van der Waals surface area contributed by atoms with Gasteiger partial charge in [-0.05, 0) is 36.1 Å². The Morgan fingerprint density at radius 3 is 2.75 bits per heavy atom. The van der Waals surface area contributed by atoms with Crippen LogP contribution in [0.15, 0.2) is 42.2 Å². The highest BCUT2D eigenvalue weighted by atomic mass is 16.5. The van der Waals surface area contributed by atoms with Crippen molar-refractivity contribution < 1.29 is 23.8 Å². The zero-order valence-corrected chi connectivity index (χ0v) is 17.9. The average Bonchev–Trinajstić information content (AvgIpc) is 3.20. The van der Waals surface area contributed by atoms with Crippen molar-refractivity contribution in [2.75, 3.05) is 27.9 Å². The van der Waals surface area contributed by atoms with Crippen molar-refractivity contribution in [3.05, 3.63) is 59.2 Å². The molecule has 6 rings (SSSR count). The predicted molar refractivity (Wildman–Crippen MR) is 115 cm³/mol. The molecule has 2 aliphatic carbocycles. The Labute approximate surface area is 183 Å². The summed E-state index contributed by atoms with van der Waals surface area (Å²) in [6, 6.07) is 7.40. The number of aromatic nitrogens is 2. The Morgan fingerprint density at radius 2 is 2.00 bits per heavy atom. The summed E-state index contributed by atoms with van der Waals surface area (Å²) in [6.45, 7) is 0.575. The van der Waals surface area contributed by atoms with E-state index in [1.54, 1.807) is 43.5 Å². The number of aromatic amines is 1. The van der Waals surface area contributed by atoms with Crippen molar-refractivity contribution >= 4 is 22.6 Å². The second kappa shape index (κ2) is 6.35. The number of likely N-dealkylation sites (tertiary alicyclic amines) is 1. The van der Waals surface area contributed by atoms with E-state index in [1.165, 1.54) is 7.11 Å². The molecule has 3 aliphatic rings. The second-order valence-electron chi connectivity index (χ2n) is 8.37. The van der Waals surface area contributed by atoms with E-state index >= 15 is 0 Å². The first-order chi connectivity index (χ1) is 15.5. The van der Waals surface area contributed by atoms with Gasteiger partial charge in [-0.25, -0.2) is 0 Å². The average molecular weight is 431 g/mol. The fraction of sp³-hybridized carbons (Fsp3) is 0.292. The number of fused-ring (bicyclic) bond motifs is 2. The maximum Gasteiger partial charge on any atom is 0.274 e. The molecule has 2 fully saturated rings. The van der Waals surface area contributed by atoms with Gasteiger partial charge in [0.25, 0.3) is 5.91 Å². The van der Waals surface area contributed by atoms with E-state index in [9.17, 15) is 9.59 Å². The van der Waals surface area contributed by atoms with Crippen LogP contribution in [0.2, 0.25) is 0 Å². The number of ketones is 1. The molecule has 1 amide bonds. The number of nitrogens with zero attached hydrogens (tertiary/aromatic N) is 2. The Kier molecular flexibility index (Phi) is 3.75. The SMILES string of the molecule is COc1cc2cc(C(=O)N3CC4CC45C3=CC(=O)c3ncccc35)[nH]c2c(OC)c1OC. The molecule has 1 saturated heterocycles. The van der Waals surface area contributed by atoms with Crippen molar-refractivity contribution in [3.8, 4) is 17.2 Å². The molecule has 1 saturated carbocycles. The molecule has 3 aromatic rings. The zero-order valence-electron chi connectivity index (χ0n) is 17.9. The number of rotatable bonds is 4. The molecule has 32 heavy (non-hydrogen) atoms. The van der Waals surface area contributed by atoms with E-state index in [2.05, 4.69) is 9.97 Å². The highest BCUT2D eigenvalue weighted by Gasteiger charge is 2.67. The maximum atomic E-state index is 13.6. The van der Waals surface area contributed by atoms with Gasteiger partial charge in [0.2, 0.25) is 11.5 Å². The van der Waals surface area contributed by atoms with E-state index < -0.39 is 0 Å². The minimum Gasteiger partial charge on any atom is -0.493 e. The van der Waals surface area contributed by atoms with Crippen LogP contribution in [0.4, 0.5) is 0 Å². The third kappa shape index (κ3) is 2.24. The summed E-state index contributed by atoms with van der Waals surface area (Å²) in [5, 5.41) is 0.769. The van der Waals surface area contributed by atoms with Gasteiger partial charge >= 0.3 is 0 Å². The number of H-pyrrole nitrogens is 1. The summed E-state index contributed by atoms with van der Waals surface area (Å²) in [6.07, 6.45) is 4.17. The van der Waals surface area contributed by atoms with E-state index in [-0.39, 0.29) is 17.1 Å². The normalized spacial score (nSPS) is 22.7. The Bertz CT molecular complexity index is 1360. The number of methoxy groups -OCH3 is 3. The van der Waals surface area contributed by atoms with Crippen LogP contribution >= 0.6 is 0 Å². The first-order valence-electron chi connectivity index (χ1n) is 10.4. The molecule has 2 atom stereocenters. The summed E-state index contributed by atoms with van der Waals surface area (Å²) in [5.41, 5.74) is 3.01. The van der Waals surface area contributed by atoms with Gasteiger partial charge in [0, 0.05) is 35.3 Å². The molecule has 162 valence electrons. The zero-order chi connectivity index (χ0) is 22.2. The molecule has 2 unspecified atom stereocenters. The number of hydrogen-bond acceptors (Lipinski definition) is 6. The molecule has 8 nitrogen and oxygen atoms in total. The summed E-state index contributed by atoms with van der Waals surface area (Å²) < 4.78 is 16.4. The molecule has 1 aliphatic heterocycles. The number of pyridine rings is 1. The number of nitrogens with one attached hydrogen (secondary N) is 1. The molecule has 1 aromatic carbocycles. The molecular weight excluding hydrogens is 410 g/mol. The predicted octanol–water partition coefficient (Wildman–Crippen LogP) is 3.08. The maximum absolute atomic E-state index is 13.6. The van der Waals surface area contributed by atoms with Gasteiger partial charge in [0.1, 0.15) is 11.4 Å². The number of ether oxygens (including phenoxy) is 3. The van der Waals surface area contributed by atoms with Gasteiger partial charge in [-0.2, -0.15) is 0 Å². The van der Waals surface area contributed by atoms with Crippen LogP contribution in [0.25, 0.3) is 10.9 Å². The first-order valence-corrected chi connectivity index (χ1v) is 10.4. The lowest BCUT2D eigenvalue weighted by Crippen LogP contribution is -2.34. The molecule has 1 N–H and O–H groups in total. The highest BCUT2D eigenvalue weighted by molar-refractivity contribution is 6.09. The topological polar surface area (TPSA) is 93.8 Å². The van der Waals surface area contributed by atoms with Gasteiger partial charge < -0.3 is 24.1 Å². The number of hydrogen-bond donors (Lipinski definition) is 1. The van der Waals surface area contributed by atoms with Crippen molar-refractivity contribution in [2.45, 2.75) is 11.8 Å². The third-order valence-corrected chi connectivity index (χ3v) is 6.94. The smallest absolute Gasteiger partial charge is 0.274 e. The highest BCUT2D eigenvalue weighted by Crippen LogP contribution is 2.66. The van der Waals surface area contributed by atoms with Crippen LogP contribution in [0, 0.1) is 5.92 Å². The quantitative estimate of drug-likeness (QED) is 0.682. The van der Waals surface area contributed by atoms with Crippen LogP contribution in [0.3, 0.4) is 0 Å². The molecule has 0 bridgehead atoms. The van der Waals surface area contributed by atoms with Gasteiger partial charge in [-0.15, -0.1) is 0 Å².